The molecule has 0 spiro atoms. The third-order valence-corrected chi connectivity index (χ3v) is 6.67. The summed E-state index contributed by atoms with van der Waals surface area (Å²) in [6, 6.07) is 2.86. The number of halogens is 4. The molecule has 2 unspecified atom stereocenters. The lowest BCUT2D eigenvalue weighted by Crippen LogP contribution is -2.33. The second kappa shape index (κ2) is 5.44. The monoisotopic (exact) mass is 334 g/mol. The second-order valence-corrected chi connectivity index (χ2v) is 7.83. The van der Waals surface area contributed by atoms with E-state index >= 15 is 0 Å². The molecule has 1 aromatic rings. The molecule has 22 heavy (non-hydrogen) atoms. The molecule has 2 saturated heterocycles. The molecule has 0 aliphatic carbocycles. The number of alkyl halides is 3. The number of carbonyl (C=O) groups is 1. The minimum atomic E-state index is -4.91. The normalized spacial score (nSPS) is 31.3. The van der Waals surface area contributed by atoms with Gasteiger partial charge in [-0.2, -0.15) is 13.2 Å². The topological polar surface area (TPSA) is 34.1 Å². The Morgan fingerprint density at radius 3 is 2.27 bits per heavy atom. The maximum Gasteiger partial charge on any atom is 0.419 e. The molecule has 3 rings (SSSR count). The Bertz CT molecular complexity index is 625. The van der Waals surface area contributed by atoms with Gasteiger partial charge in [-0.05, 0) is 31.7 Å². The van der Waals surface area contributed by atoms with Crippen LogP contribution in [0.2, 0.25) is 0 Å². The van der Waals surface area contributed by atoms with Crippen molar-refractivity contribution in [2.75, 3.05) is 0 Å². The van der Waals surface area contributed by atoms with E-state index in [1.807, 2.05) is 0 Å². The van der Waals surface area contributed by atoms with Crippen molar-refractivity contribution in [1.29, 1.82) is 0 Å². The first-order chi connectivity index (χ1) is 10.3. The fraction of sp³-hybridized carbons (Fsp3) is 0.533. The zero-order valence-corrected chi connectivity index (χ0v) is 12.3. The van der Waals surface area contributed by atoms with E-state index in [-0.39, 0.29) is 10.5 Å². The van der Waals surface area contributed by atoms with Gasteiger partial charge in [0.25, 0.3) is 0 Å². The number of hydrogen-bond donors (Lipinski definition) is 0. The first-order valence-corrected chi connectivity index (χ1v) is 8.36. The van der Waals surface area contributed by atoms with Gasteiger partial charge in [0.05, 0.1) is 0 Å². The van der Waals surface area contributed by atoms with Crippen molar-refractivity contribution in [3.05, 3.63) is 35.1 Å². The lowest BCUT2D eigenvalue weighted by molar-refractivity contribution is -0.140. The highest BCUT2D eigenvalue weighted by atomic mass is 32.2. The molecule has 0 N–H and O–H groups in total. The van der Waals surface area contributed by atoms with Crippen LogP contribution in [-0.2, 0) is 17.0 Å². The number of Topliss-reactive ketones (excluding diaryl/α,β-unsaturated/α-hetero) is 1. The maximum absolute atomic E-state index is 13.6. The van der Waals surface area contributed by atoms with E-state index in [9.17, 15) is 26.6 Å². The summed E-state index contributed by atoms with van der Waals surface area (Å²) in [5, 5.41) is -0.230. The fourth-order valence-corrected chi connectivity index (χ4v) is 5.61. The SMILES string of the molecule is O=C(c1cccc(F)c1C(F)(F)F)C1CC2CCC(C1)S2=O. The van der Waals surface area contributed by atoms with Crippen LogP contribution < -0.4 is 0 Å². The lowest BCUT2D eigenvalue weighted by atomic mass is 9.88. The standard InChI is InChI=1S/C15H14F4O2S/c16-12-3-1-2-11(13(12)15(17,18)19)14(20)8-6-9-4-5-10(7-8)22(9)21/h1-3,8-10H,4-7H2. The van der Waals surface area contributed by atoms with E-state index in [1.54, 1.807) is 0 Å². The van der Waals surface area contributed by atoms with E-state index in [0.29, 0.717) is 18.9 Å². The molecule has 2 aliphatic heterocycles. The van der Waals surface area contributed by atoms with Gasteiger partial charge in [-0.25, -0.2) is 4.39 Å². The van der Waals surface area contributed by atoms with E-state index in [2.05, 4.69) is 0 Å². The van der Waals surface area contributed by atoms with Gasteiger partial charge in [0.1, 0.15) is 11.4 Å². The Kier molecular flexibility index (Phi) is 3.87. The summed E-state index contributed by atoms with van der Waals surface area (Å²) in [7, 11) is -0.988. The molecule has 2 nitrogen and oxygen atoms in total. The van der Waals surface area contributed by atoms with Crippen molar-refractivity contribution < 1.29 is 26.6 Å². The van der Waals surface area contributed by atoms with Crippen molar-refractivity contribution in [1.82, 2.24) is 0 Å². The molecule has 2 aliphatic rings. The van der Waals surface area contributed by atoms with Crippen molar-refractivity contribution in [3.8, 4) is 0 Å². The molecular formula is C15H14F4O2S. The van der Waals surface area contributed by atoms with Gasteiger partial charge < -0.3 is 0 Å². The Morgan fingerprint density at radius 2 is 1.73 bits per heavy atom. The minimum Gasteiger partial charge on any atom is -0.294 e. The van der Waals surface area contributed by atoms with E-state index in [1.165, 1.54) is 0 Å². The van der Waals surface area contributed by atoms with E-state index in [4.69, 9.17) is 0 Å². The number of rotatable bonds is 2. The van der Waals surface area contributed by atoms with Crippen LogP contribution in [0.4, 0.5) is 17.6 Å². The molecule has 0 aromatic heterocycles. The average molecular weight is 334 g/mol. The second-order valence-electron chi connectivity index (χ2n) is 5.84. The third kappa shape index (κ3) is 2.59. The van der Waals surface area contributed by atoms with Crippen LogP contribution in [0.25, 0.3) is 0 Å². The first-order valence-electron chi connectivity index (χ1n) is 7.08. The maximum atomic E-state index is 13.6. The van der Waals surface area contributed by atoms with Crippen molar-refractivity contribution in [2.45, 2.75) is 42.4 Å². The number of benzene rings is 1. The molecule has 120 valence electrons. The molecule has 2 atom stereocenters. The Morgan fingerprint density at radius 1 is 1.14 bits per heavy atom. The van der Waals surface area contributed by atoms with Crippen LogP contribution in [0.1, 0.15) is 41.6 Å². The Balaban J connectivity index is 1.94. The quantitative estimate of drug-likeness (QED) is 0.610. The highest BCUT2D eigenvalue weighted by Crippen LogP contribution is 2.41. The van der Waals surface area contributed by atoms with Crippen LogP contribution in [0.5, 0.6) is 0 Å². The first kappa shape index (κ1) is 15.6. The van der Waals surface area contributed by atoms with Crippen LogP contribution >= 0.6 is 0 Å². The van der Waals surface area contributed by atoms with Gasteiger partial charge >= 0.3 is 6.18 Å². The number of hydrogen-bond acceptors (Lipinski definition) is 2. The summed E-state index contributed by atoms with van der Waals surface area (Å²) >= 11 is 0. The summed E-state index contributed by atoms with van der Waals surface area (Å²) < 4.78 is 64.6. The molecule has 2 heterocycles. The average Bonchev–Trinajstić information content (AvgIpc) is 2.66. The molecule has 0 radical (unpaired) electrons. The highest BCUT2D eigenvalue weighted by Gasteiger charge is 2.45. The van der Waals surface area contributed by atoms with Gasteiger partial charge in [0, 0.05) is 32.8 Å². The summed E-state index contributed by atoms with van der Waals surface area (Å²) in [5.74, 6) is -2.71. The molecule has 1 aromatic carbocycles. The third-order valence-electron chi connectivity index (χ3n) is 4.50. The van der Waals surface area contributed by atoms with Crippen LogP contribution in [0.3, 0.4) is 0 Å². The number of ketones is 1. The lowest BCUT2D eigenvalue weighted by Gasteiger charge is -2.27. The van der Waals surface area contributed by atoms with Gasteiger partial charge in [-0.1, -0.05) is 12.1 Å². The minimum absolute atomic E-state index is 0.115. The zero-order valence-electron chi connectivity index (χ0n) is 11.5. The van der Waals surface area contributed by atoms with Gasteiger partial charge in [-0.3, -0.25) is 9.00 Å². The highest BCUT2D eigenvalue weighted by molar-refractivity contribution is 7.86. The van der Waals surface area contributed by atoms with Crippen molar-refractivity contribution in [2.24, 2.45) is 5.92 Å². The van der Waals surface area contributed by atoms with E-state index in [0.717, 1.165) is 25.0 Å². The Labute approximate surface area is 127 Å². The summed E-state index contributed by atoms with van der Waals surface area (Å²) in [5.41, 5.74) is -2.09. The van der Waals surface area contributed by atoms with Gasteiger partial charge in [-0.15, -0.1) is 0 Å². The molecule has 0 saturated carbocycles. The molecule has 2 bridgehead atoms. The molecule has 0 amide bonds. The summed E-state index contributed by atoms with van der Waals surface area (Å²) in [6.45, 7) is 0. The van der Waals surface area contributed by atoms with Crippen molar-refractivity contribution >= 4 is 16.6 Å². The predicted molar refractivity (Wildman–Crippen MR) is 73.4 cm³/mol. The van der Waals surface area contributed by atoms with Gasteiger partial charge in [0.15, 0.2) is 5.78 Å². The smallest absolute Gasteiger partial charge is 0.294 e. The van der Waals surface area contributed by atoms with Crippen LogP contribution in [-0.4, -0.2) is 20.5 Å². The molecule has 2 fully saturated rings. The molecular weight excluding hydrogens is 320 g/mol. The number of carbonyl (C=O) groups excluding carboxylic acids is 1. The zero-order chi connectivity index (χ0) is 16.1. The summed E-state index contributed by atoms with van der Waals surface area (Å²) in [4.78, 5) is 12.5. The summed E-state index contributed by atoms with van der Waals surface area (Å²) in [6.07, 6.45) is -2.76. The number of fused-ring (bicyclic) bond motifs is 2. The van der Waals surface area contributed by atoms with Gasteiger partial charge in [0.2, 0.25) is 0 Å². The van der Waals surface area contributed by atoms with Crippen LogP contribution in [0, 0.1) is 11.7 Å². The fourth-order valence-electron chi connectivity index (χ4n) is 3.48. The van der Waals surface area contributed by atoms with E-state index < -0.39 is 45.6 Å². The van der Waals surface area contributed by atoms with Crippen LogP contribution in [0.15, 0.2) is 18.2 Å². The molecule has 7 heteroatoms. The van der Waals surface area contributed by atoms with Crippen molar-refractivity contribution in [3.63, 3.8) is 0 Å². The predicted octanol–water partition coefficient (Wildman–Crippen LogP) is 3.72. The Hall–Kier alpha value is -1.24. The largest absolute Gasteiger partial charge is 0.419 e.